The predicted molar refractivity (Wildman–Crippen MR) is 93.7 cm³/mol. The minimum atomic E-state index is -0.306. The standard InChI is InChI=1S/C10H19NO2.C9H14/c1-4-5-10(13)11-9(7-12)6-8(2)3;1-3-9-6-4-8(2)5-7-9/h7-9H,4-6H2,1-3H3,(H,11,13);4,6-8H,3,5H2,1-2H3. The molecule has 0 aromatic carbocycles. The Hall–Kier alpha value is -1.38. The molecule has 1 aliphatic rings. The number of amides is 1. The van der Waals surface area contributed by atoms with Gasteiger partial charge in [-0.3, -0.25) is 4.79 Å². The molecule has 0 aromatic rings. The maximum Gasteiger partial charge on any atom is 0.220 e. The molecule has 0 bridgehead atoms. The third-order valence-electron chi connectivity index (χ3n) is 3.51. The Balaban J connectivity index is 0.000000425. The number of carbonyl (C=O) groups is 2. The normalized spacial score (nSPS) is 18.1. The van der Waals surface area contributed by atoms with Crippen LogP contribution in [-0.2, 0) is 9.59 Å². The minimum Gasteiger partial charge on any atom is -0.347 e. The van der Waals surface area contributed by atoms with Crippen molar-refractivity contribution in [3.63, 3.8) is 0 Å². The van der Waals surface area contributed by atoms with Crippen LogP contribution in [0.15, 0.2) is 23.8 Å². The molecule has 0 saturated carbocycles. The molecule has 1 aliphatic carbocycles. The van der Waals surface area contributed by atoms with Crippen molar-refractivity contribution < 1.29 is 9.59 Å². The molecule has 3 heteroatoms. The molecule has 126 valence electrons. The highest BCUT2D eigenvalue weighted by Crippen LogP contribution is 2.16. The van der Waals surface area contributed by atoms with Gasteiger partial charge in [0.2, 0.25) is 5.91 Å². The largest absolute Gasteiger partial charge is 0.347 e. The van der Waals surface area contributed by atoms with E-state index in [9.17, 15) is 9.59 Å². The van der Waals surface area contributed by atoms with E-state index < -0.39 is 0 Å². The van der Waals surface area contributed by atoms with E-state index in [1.54, 1.807) is 0 Å². The van der Waals surface area contributed by atoms with E-state index in [-0.39, 0.29) is 11.9 Å². The van der Waals surface area contributed by atoms with Gasteiger partial charge in [0.1, 0.15) is 6.29 Å². The van der Waals surface area contributed by atoms with E-state index in [4.69, 9.17) is 0 Å². The fourth-order valence-corrected chi connectivity index (χ4v) is 2.20. The first-order valence-corrected chi connectivity index (χ1v) is 8.54. The molecule has 0 fully saturated rings. The van der Waals surface area contributed by atoms with Crippen LogP contribution in [0.25, 0.3) is 0 Å². The molecule has 0 aliphatic heterocycles. The van der Waals surface area contributed by atoms with Gasteiger partial charge in [-0.1, -0.05) is 58.4 Å². The molecule has 1 N–H and O–H groups in total. The maximum atomic E-state index is 11.1. The molecule has 0 radical (unpaired) electrons. The van der Waals surface area contributed by atoms with Crippen molar-refractivity contribution in [3.8, 4) is 0 Å². The van der Waals surface area contributed by atoms with Crippen LogP contribution in [0.1, 0.15) is 66.7 Å². The van der Waals surface area contributed by atoms with Gasteiger partial charge >= 0.3 is 0 Å². The Kier molecular flexibility index (Phi) is 11.4. The third kappa shape index (κ3) is 10.4. The van der Waals surface area contributed by atoms with Crippen molar-refractivity contribution in [1.82, 2.24) is 5.32 Å². The van der Waals surface area contributed by atoms with Crippen molar-refractivity contribution in [2.45, 2.75) is 72.8 Å². The summed E-state index contributed by atoms with van der Waals surface area (Å²) < 4.78 is 0. The van der Waals surface area contributed by atoms with Crippen LogP contribution < -0.4 is 5.32 Å². The second kappa shape index (κ2) is 12.2. The fourth-order valence-electron chi connectivity index (χ4n) is 2.20. The molecule has 2 atom stereocenters. The van der Waals surface area contributed by atoms with Gasteiger partial charge < -0.3 is 10.1 Å². The SMILES string of the molecule is CCC1=CCC(C)C=C1.CCCC(=O)NC(C=O)CC(C)C. The van der Waals surface area contributed by atoms with Gasteiger partial charge in [-0.2, -0.15) is 0 Å². The number of nitrogens with one attached hydrogen (secondary N) is 1. The highest BCUT2D eigenvalue weighted by atomic mass is 16.2. The van der Waals surface area contributed by atoms with Gasteiger partial charge in [-0.25, -0.2) is 0 Å². The Morgan fingerprint density at radius 2 is 2.09 bits per heavy atom. The second-order valence-electron chi connectivity index (χ2n) is 6.39. The van der Waals surface area contributed by atoms with E-state index in [1.165, 1.54) is 18.4 Å². The van der Waals surface area contributed by atoms with Gasteiger partial charge in [0.25, 0.3) is 0 Å². The van der Waals surface area contributed by atoms with Gasteiger partial charge in [-0.05, 0) is 37.5 Å². The molecule has 22 heavy (non-hydrogen) atoms. The monoisotopic (exact) mass is 307 g/mol. The average molecular weight is 307 g/mol. The van der Waals surface area contributed by atoms with Gasteiger partial charge in [0, 0.05) is 6.42 Å². The summed E-state index contributed by atoms with van der Waals surface area (Å²) in [6.07, 6.45) is 12.1. The molecule has 0 saturated heterocycles. The van der Waals surface area contributed by atoms with E-state index in [0.29, 0.717) is 12.3 Å². The Morgan fingerprint density at radius 1 is 1.41 bits per heavy atom. The first kappa shape index (κ1) is 20.6. The average Bonchev–Trinajstić information content (AvgIpc) is 2.48. The van der Waals surface area contributed by atoms with E-state index >= 15 is 0 Å². The van der Waals surface area contributed by atoms with Crippen LogP contribution in [0.5, 0.6) is 0 Å². The van der Waals surface area contributed by atoms with Crippen LogP contribution in [0.2, 0.25) is 0 Å². The molecule has 0 aromatic heterocycles. The van der Waals surface area contributed by atoms with Crippen LogP contribution >= 0.6 is 0 Å². The summed E-state index contributed by atoms with van der Waals surface area (Å²) >= 11 is 0. The van der Waals surface area contributed by atoms with Crippen molar-refractivity contribution in [1.29, 1.82) is 0 Å². The van der Waals surface area contributed by atoms with Crippen LogP contribution in [0, 0.1) is 11.8 Å². The van der Waals surface area contributed by atoms with Gasteiger partial charge in [0.05, 0.1) is 6.04 Å². The topological polar surface area (TPSA) is 46.2 Å². The van der Waals surface area contributed by atoms with Gasteiger partial charge in [-0.15, -0.1) is 0 Å². The van der Waals surface area contributed by atoms with E-state index in [0.717, 1.165) is 25.0 Å². The lowest BCUT2D eigenvalue weighted by Gasteiger charge is -2.14. The molecule has 0 heterocycles. The Labute approximate surface area is 136 Å². The van der Waals surface area contributed by atoms with Crippen molar-refractivity contribution in [3.05, 3.63) is 23.8 Å². The number of carbonyl (C=O) groups excluding carboxylic acids is 2. The highest BCUT2D eigenvalue weighted by molar-refractivity contribution is 5.79. The summed E-state index contributed by atoms with van der Waals surface area (Å²) in [5.74, 6) is 1.16. The molecular formula is C19H33NO2. The first-order chi connectivity index (χ1) is 10.4. The van der Waals surface area contributed by atoms with Crippen molar-refractivity contribution >= 4 is 12.2 Å². The molecule has 3 nitrogen and oxygen atoms in total. The van der Waals surface area contributed by atoms with Crippen LogP contribution in [0.3, 0.4) is 0 Å². The minimum absolute atomic E-state index is 0.0275. The Morgan fingerprint density at radius 3 is 2.50 bits per heavy atom. The summed E-state index contributed by atoms with van der Waals surface area (Å²) in [4.78, 5) is 21.7. The number of aldehydes is 1. The molecule has 2 unspecified atom stereocenters. The molecule has 1 rings (SSSR count). The number of rotatable bonds is 7. The van der Waals surface area contributed by atoms with Crippen molar-refractivity contribution in [2.24, 2.45) is 11.8 Å². The number of hydrogen-bond acceptors (Lipinski definition) is 2. The van der Waals surface area contributed by atoms with Crippen molar-refractivity contribution in [2.75, 3.05) is 0 Å². The lowest BCUT2D eigenvalue weighted by atomic mass is 9.97. The smallest absolute Gasteiger partial charge is 0.220 e. The zero-order valence-corrected chi connectivity index (χ0v) is 14.9. The van der Waals surface area contributed by atoms with E-state index in [2.05, 4.69) is 37.4 Å². The number of hydrogen-bond donors (Lipinski definition) is 1. The summed E-state index contributed by atoms with van der Waals surface area (Å²) in [6, 6.07) is -0.306. The second-order valence-corrected chi connectivity index (χ2v) is 6.39. The summed E-state index contributed by atoms with van der Waals surface area (Å²) in [6.45, 7) is 10.5. The lowest BCUT2D eigenvalue weighted by molar-refractivity contribution is -0.124. The molecular weight excluding hydrogens is 274 g/mol. The quantitative estimate of drug-likeness (QED) is 0.707. The lowest BCUT2D eigenvalue weighted by Crippen LogP contribution is -2.36. The fraction of sp³-hybridized carbons (Fsp3) is 0.684. The Bertz CT molecular complexity index is 383. The maximum absolute atomic E-state index is 11.1. The zero-order valence-electron chi connectivity index (χ0n) is 14.9. The van der Waals surface area contributed by atoms with Gasteiger partial charge in [0.15, 0.2) is 0 Å². The third-order valence-corrected chi connectivity index (χ3v) is 3.51. The predicted octanol–water partition coefficient (Wildman–Crippen LogP) is 4.44. The molecule has 1 amide bonds. The summed E-state index contributed by atoms with van der Waals surface area (Å²) in [5, 5.41) is 2.69. The first-order valence-electron chi connectivity index (χ1n) is 8.54. The zero-order chi connectivity index (χ0) is 17.0. The highest BCUT2D eigenvalue weighted by Gasteiger charge is 2.11. The summed E-state index contributed by atoms with van der Waals surface area (Å²) in [5.41, 5.74) is 1.49. The van der Waals surface area contributed by atoms with Crippen LogP contribution in [-0.4, -0.2) is 18.2 Å². The van der Waals surface area contributed by atoms with E-state index in [1.807, 2.05) is 20.8 Å². The number of allylic oxidation sites excluding steroid dienone is 4. The summed E-state index contributed by atoms with van der Waals surface area (Å²) in [7, 11) is 0. The van der Waals surface area contributed by atoms with Crippen LogP contribution in [0.4, 0.5) is 0 Å². The molecule has 0 spiro atoms.